The lowest BCUT2D eigenvalue weighted by molar-refractivity contribution is -0.297. The molecule has 1 saturated heterocycles. The van der Waals surface area contributed by atoms with Crippen molar-refractivity contribution >= 4 is 0 Å². The normalized spacial score (nSPS) is 25.4. The van der Waals surface area contributed by atoms with Gasteiger partial charge >= 0.3 is 0 Å². The predicted octanol–water partition coefficient (Wildman–Crippen LogP) is 0.659. The van der Waals surface area contributed by atoms with Gasteiger partial charge in [-0.25, -0.2) is 0 Å². The summed E-state index contributed by atoms with van der Waals surface area (Å²) in [5.41, 5.74) is 1.28. The van der Waals surface area contributed by atoms with E-state index in [1.165, 1.54) is 39.3 Å². The highest BCUT2D eigenvalue weighted by atomic mass is 16.7. The molecule has 206 valence electrons. The van der Waals surface area contributed by atoms with Gasteiger partial charge in [0.1, 0.15) is 24.4 Å². The summed E-state index contributed by atoms with van der Waals surface area (Å²) in [4.78, 5) is 0. The number of hydrogen-bond donors (Lipinski definition) is 6. The van der Waals surface area contributed by atoms with Gasteiger partial charge in [-0.3, -0.25) is 0 Å². The van der Waals surface area contributed by atoms with Crippen LogP contribution in [0.3, 0.4) is 0 Å². The van der Waals surface area contributed by atoms with Gasteiger partial charge < -0.3 is 54.3 Å². The van der Waals surface area contributed by atoms with Crippen molar-refractivity contribution in [3.8, 4) is 23.0 Å². The molecule has 7 unspecified atom stereocenters. The number of hydrogen-bond acceptors (Lipinski definition) is 11. The Morgan fingerprint density at radius 2 is 1.65 bits per heavy atom. The Balaban J connectivity index is 1.86. The number of aryl methyl sites for hydroxylation is 1. The van der Waals surface area contributed by atoms with Gasteiger partial charge in [0.25, 0.3) is 0 Å². The minimum absolute atomic E-state index is 0.0572. The Kier molecular flexibility index (Phi) is 10.4. The summed E-state index contributed by atoms with van der Waals surface area (Å²) >= 11 is 0. The third-order valence-corrected chi connectivity index (χ3v) is 6.26. The zero-order valence-corrected chi connectivity index (χ0v) is 21.1. The standard InChI is InChI=1S/C26H36O11/c1-14-22(29)24(31)25(32)26(36-14)35-13-21(23(30)16-7-8-17(28)19(12-16)33-2)37-18-9-6-15(5-4-10-27)11-20(18)34-3/h6-9,11-12,14,21-32H,4-5,10,13H2,1-3H3. The molecule has 37 heavy (non-hydrogen) atoms. The van der Waals surface area contributed by atoms with E-state index in [1.54, 1.807) is 12.1 Å². The van der Waals surface area contributed by atoms with E-state index in [0.717, 1.165) is 5.56 Å². The van der Waals surface area contributed by atoms with E-state index >= 15 is 0 Å². The van der Waals surface area contributed by atoms with Crippen LogP contribution in [0.25, 0.3) is 0 Å². The van der Waals surface area contributed by atoms with Crippen molar-refractivity contribution in [3.05, 3.63) is 47.5 Å². The second-order valence-corrected chi connectivity index (χ2v) is 8.86. The van der Waals surface area contributed by atoms with Crippen molar-refractivity contribution in [1.82, 2.24) is 0 Å². The summed E-state index contributed by atoms with van der Waals surface area (Å²) in [6, 6.07) is 9.60. The first kappa shape index (κ1) is 28.9. The first-order valence-electron chi connectivity index (χ1n) is 12.0. The molecule has 11 nitrogen and oxygen atoms in total. The minimum Gasteiger partial charge on any atom is -0.504 e. The Hall–Kier alpha value is -2.64. The summed E-state index contributed by atoms with van der Waals surface area (Å²) in [5.74, 6) is 0.756. The molecule has 0 bridgehead atoms. The van der Waals surface area contributed by atoms with Gasteiger partial charge in [0.05, 0.1) is 26.9 Å². The third kappa shape index (κ3) is 7.02. The highest BCUT2D eigenvalue weighted by Gasteiger charge is 2.43. The fraction of sp³-hybridized carbons (Fsp3) is 0.538. The average Bonchev–Trinajstić information content (AvgIpc) is 2.91. The quantitative estimate of drug-likeness (QED) is 0.231. The largest absolute Gasteiger partial charge is 0.504 e. The van der Waals surface area contributed by atoms with Crippen LogP contribution in [0.15, 0.2) is 36.4 Å². The molecule has 0 aliphatic carbocycles. The van der Waals surface area contributed by atoms with Gasteiger partial charge in [0.15, 0.2) is 35.4 Å². The first-order valence-corrected chi connectivity index (χ1v) is 12.0. The van der Waals surface area contributed by atoms with Crippen LogP contribution in [0, 0.1) is 0 Å². The Labute approximate surface area is 215 Å². The second-order valence-electron chi connectivity index (χ2n) is 8.86. The monoisotopic (exact) mass is 524 g/mol. The molecule has 0 amide bonds. The van der Waals surface area contributed by atoms with Crippen LogP contribution in [-0.4, -0.2) is 94.9 Å². The van der Waals surface area contributed by atoms with Crippen LogP contribution in [0.4, 0.5) is 0 Å². The Bertz CT molecular complexity index is 1000. The lowest BCUT2D eigenvalue weighted by atomic mass is 10.00. The summed E-state index contributed by atoms with van der Waals surface area (Å²) in [6.45, 7) is 1.30. The van der Waals surface area contributed by atoms with Crippen molar-refractivity contribution in [2.24, 2.45) is 0 Å². The number of aliphatic hydroxyl groups excluding tert-OH is 5. The summed E-state index contributed by atoms with van der Waals surface area (Å²) in [6.07, 6.45) is -7.52. The van der Waals surface area contributed by atoms with Gasteiger partial charge in [-0.1, -0.05) is 12.1 Å². The number of phenols is 1. The molecule has 1 heterocycles. The van der Waals surface area contributed by atoms with Crippen LogP contribution in [-0.2, 0) is 15.9 Å². The second kappa shape index (κ2) is 13.2. The lowest BCUT2D eigenvalue weighted by Gasteiger charge is -2.39. The van der Waals surface area contributed by atoms with E-state index in [0.29, 0.717) is 29.9 Å². The average molecular weight is 525 g/mol. The first-order chi connectivity index (χ1) is 17.7. The molecule has 2 aromatic rings. The minimum atomic E-state index is -1.53. The molecule has 1 fully saturated rings. The van der Waals surface area contributed by atoms with Crippen molar-refractivity contribution in [2.45, 2.75) is 62.7 Å². The van der Waals surface area contributed by atoms with Gasteiger partial charge in [-0.15, -0.1) is 0 Å². The van der Waals surface area contributed by atoms with Crippen molar-refractivity contribution < 1.29 is 54.3 Å². The van der Waals surface area contributed by atoms with Crippen molar-refractivity contribution in [2.75, 3.05) is 27.4 Å². The maximum atomic E-state index is 11.2. The molecule has 0 saturated carbocycles. The smallest absolute Gasteiger partial charge is 0.186 e. The Morgan fingerprint density at radius 3 is 2.32 bits per heavy atom. The van der Waals surface area contributed by atoms with E-state index in [2.05, 4.69) is 0 Å². The molecule has 0 radical (unpaired) electrons. The van der Waals surface area contributed by atoms with Crippen molar-refractivity contribution in [3.63, 3.8) is 0 Å². The van der Waals surface area contributed by atoms with E-state index in [-0.39, 0.29) is 24.7 Å². The van der Waals surface area contributed by atoms with E-state index in [4.69, 9.17) is 28.8 Å². The molecule has 7 atom stereocenters. The van der Waals surface area contributed by atoms with Gasteiger partial charge in [-0.05, 0) is 55.2 Å². The number of aromatic hydroxyl groups is 1. The number of phenolic OH excluding ortho intramolecular Hbond substituents is 1. The fourth-order valence-electron chi connectivity index (χ4n) is 4.03. The van der Waals surface area contributed by atoms with Crippen LogP contribution < -0.4 is 14.2 Å². The molecular formula is C26H36O11. The highest BCUT2D eigenvalue weighted by molar-refractivity contribution is 5.44. The van der Waals surface area contributed by atoms with Gasteiger partial charge in [0, 0.05) is 6.61 Å². The number of aliphatic hydroxyl groups is 5. The Morgan fingerprint density at radius 1 is 0.919 bits per heavy atom. The molecule has 2 aromatic carbocycles. The SMILES string of the molecule is COc1cc(C(O)C(COC2OC(C)C(O)C(O)C2O)Oc2ccc(CCCO)cc2OC)ccc1O. The number of benzene rings is 2. The van der Waals surface area contributed by atoms with Crippen molar-refractivity contribution in [1.29, 1.82) is 0 Å². The topological polar surface area (TPSA) is 168 Å². The number of rotatable bonds is 12. The number of ether oxygens (including phenoxy) is 5. The molecular weight excluding hydrogens is 488 g/mol. The molecule has 1 aliphatic heterocycles. The molecule has 6 N–H and O–H groups in total. The maximum absolute atomic E-state index is 11.2. The zero-order valence-electron chi connectivity index (χ0n) is 21.1. The van der Waals surface area contributed by atoms with Gasteiger partial charge in [-0.2, -0.15) is 0 Å². The van der Waals surface area contributed by atoms with Crippen LogP contribution >= 0.6 is 0 Å². The summed E-state index contributed by atoms with van der Waals surface area (Å²) in [5, 5.41) is 60.6. The summed E-state index contributed by atoms with van der Waals surface area (Å²) < 4.78 is 27.9. The van der Waals surface area contributed by atoms with Gasteiger partial charge in [0.2, 0.25) is 0 Å². The molecule has 0 spiro atoms. The number of methoxy groups -OCH3 is 2. The van der Waals surface area contributed by atoms with Crippen LogP contribution in [0.5, 0.6) is 23.0 Å². The van der Waals surface area contributed by atoms with Crippen LogP contribution in [0.1, 0.15) is 30.6 Å². The highest BCUT2D eigenvalue weighted by Crippen LogP contribution is 2.35. The van der Waals surface area contributed by atoms with E-state index < -0.39 is 42.9 Å². The summed E-state index contributed by atoms with van der Waals surface area (Å²) in [7, 11) is 2.86. The molecule has 0 aromatic heterocycles. The van der Waals surface area contributed by atoms with Crippen LogP contribution in [0.2, 0.25) is 0 Å². The molecule has 3 rings (SSSR count). The van der Waals surface area contributed by atoms with E-state index in [9.17, 15) is 25.5 Å². The maximum Gasteiger partial charge on any atom is 0.186 e. The van der Waals surface area contributed by atoms with E-state index in [1.807, 2.05) is 6.07 Å². The zero-order chi connectivity index (χ0) is 27.1. The molecule has 11 heteroatoms. The predicted molar refractivity (Wildman–Crippen MR) is 131 cm³/mol. The third-order valence-electron chi connectivity index (χ3n) is 6.26. The molecule has 1 aliphatic rings. The fourth-order valence-corrected chi connectivity index (χ4v) is 4.03. The lowest BCUT2D eigenvalue weighted by Crippen LogP contribution is -2.57.